The number of carbonyl (C=O) groups excluding carboxylic acids is 6. The van der Waals surface area contributed by atoms with Gasteiger partial charge in [-0.15, -0.1) is 0 Å². The van der Waals surface area contributed by atoms with Gasteiger partial charge in [0.15, 0.2) is 0 Å². The number of benzene rings is 1. The third-order valence-electron chi connectivity index (χ3n) is 7.97. The van der Waals surface area contributed by atoms with Crippen LogP contribution in [-0.2, 0) is 28.7 Å². The third kappa shape index (κ3) is 10.9. The summed E-state index contributed by atoms with van der Waals surface area (Å²) >= 11 is 0. The summed E-state index contributed by atoms with van der Waals surface area (Å²) in [7, 11) is 3.76. The van der Waals surface area contributed by atoms with Crippen molar-refractivity contribution in [3.63, 3.8) is 0 Å². The zero-order chi connectivity index (χ0) is 37.8. The van der Waals surface area contributed by atoms with Gasteiger partial charge in [0.1, 0.15) is 33.3 Å². The summed E-state index contributed by atoms with van der Waals surface area (Å²) in [5, 5.41) is 13.4. The molecule has 0 aromatic heterocycles. The predicted molar refractivity (Wildman–Crippen MR) is 186 cm³/mol. The van der Waals surface area contributed by atoms with Gasteiger partial charge in [0.25, 0.3) is 5.91 Å². The molecule has 48 heavy (non-hydrogen) atoms. The molecule has 0 saturated carbocycles. The standard InChI is InChI=1S/C35H58N6O7/c1-21(2)35(14,29(47)48-30(3,4)5)40-28(46)34(12,13)39-27(45)33(10,11)38-26(44)32(8,9)37-25(43)31(6,7)36-24(42)22-17-19-23(20-18-22)41(15)16/h17-21H,1-16H3,(H,36,42)(H,37,43)(H,38,44)(H,39,45)(H,40,46)/t35-/m0/s1. The fourth-order valence-corrected chi connectivity index (χ4v) is 4.02. The molecule has 0 aliphatic rings. The maximum absolute atomic E-state index is 13.4. The second-order valence-electron chi connectivity index (χ2n) is 16.1. The monoisotopic (exact) mass is 674 g/mol. The second kappa shape index (κ2) is 14.5. The minimum Gasteiger partial charge on any atom is -0.458 e. The lowest BCUT2D eigenvalue weighted by molar-refractivity contribution is -0.166. The van der Waals surface area contributed by atoms with E-state index in [9.17, 15) is 28.8 Å². The Kier molecular flexibility index (Phi) is 12.7. The van der Waals surface area contributed by atoms with Crippen LogP contribution >= 0.6 is 0 Å². The second-order valence-corrected chi connectivity index (χ2v) is 16.1. The fourth-order valence-electron chi connectivity index (χ4n) is 4.02. The molecule has 13 heteroatoms. The third-order valence-corrected chi connectivity index (χ3v) is 7.97. The number of ether oxygens (including phenoxy) is 1. The molecule has 1 aromatic carbocycles. The normalized spacial score (nSPS) is 13.9. The summed E-state index contributed by atoms with van der Waals surface area (Å²) in [5.41, 5.74) is -6.84. The van der Waals surface area contributed by atoms with Crippen molar-refractivity contribution in [2.75, 3.05) is 19.0 Å². The van der Waals surface area contributed by atoms with Gasteiger partial charge in [0.05, 0.1) is 0 Å². The van der Waals surface area contributed by atoms with E-state index in [0.29, 0.717) is 5.56 Å². The van der Waals surface area contributed by atoms with Crippen molar-refractivity contribution in [2.45, 2.75) is 130 Å². The first-order chi connectivity index (χ1) is 21.4. The molecule has 1 aromatic rings. The smallest absolute Gasteiger partial charge is 0.332 e. The van der Waals surface area contributed by atoms with Gasteiger partial charge in [0.2, 0.25) is 23.6 Å². The maximum Gasteiger partial charge on any atom is 0.332 e. The molecule has 0 radical (unpaired) electrons. The molecule has 0 fully saturated rings. The molecular formula is C35H58N6O7. The van der Waals surface area contributed by atoms with Gasteiger partial charge in [-0.05, 0) is 113 Å². The molecule has 13 nitrogen and oxygen atoms in total. The molecule has 0 spiro atoms. The van der Waals surface area contributed by atoms with Gasteiger partial charge >= 0.3 is 5.97 Å². The highest BCUT2D eigenvalue weighted by atomic mass is 16.6. The van der Waals surface area contributed by atoms with Crippen molar-refractivity contribution < 1.29 is 33.5 Å². The molecule has 0 bridgehead atoms. The molecular weight excluding hydrogens is 616 g/mol. The number of carbonyl (C=O) groups is 6. The summed E-state index contributed by atoms with van der Waals surface area (Å²) in [5.74, 6) is -4.05. The lowest BCUT2D eigenvalue weighted by Gasteiger charge is -2.39. The molecule has 1 atom stereocenters. The van der Waals surface area contributed by atoms with Crippen LogP contribution in [-0.4, -0.2) is 82.9 Å². The Hall–Kier alpha value is -4.16. The molecule has 1 rings (SSSR count). The van der Waals surface area contributed by atoms with Gasteiger partial charge in [-0.25, -0.2) is 4.79 Å². The number of rotatable bonds is 13. The van der Waals surface area contributed by atoms with E-state index >= 15 is 0 Å². The van der Waals surface area contributed by atoms with Crippen LogP contribution in [0.4, 0.5) is 5.69 Å². The summed E-state index contributed by atoms with van der Waals surface area (Å²) in [6.07, 6.45) is 0. The molecule has 0 aliphatic carbocycles. The Labute approximate surface area is 286 Å². The Bertz CT molecular complexity index is 1390. The largest absolute Gasteiger partial charge is 0.458 e. The zero-order valence-electron chi connectivity index (χ0n) is 31.7. The molecule has 270 valence electrons. The molecule has 0 heterocycles. The fraction of sp³-hybridized carbons (Fsp3) is 0.657. The van der Waals surface area contributed by atoms with E-state index in [0.717, 1.165) is 5.69 Å². The Morgan fingerprint density at radius 1 is 0.562 bits per heavy atom. The van der Waals surface area contributed by atoms with E-state index in [1.165, 1.54) is 55.4 Å². The van der Waals surface area contributed by atoms with Gasteiger partial charge < -0.3 is 36.2 Å². The van der Waals surface area contributed by atoms with Crippen molar-refractivity contribution in [2.24, 2.45) is 5.92 Å². The van der Waals surface area contributed by atoms with Crippen molar-refractivity contribution in [3.8, 4) is 0 Å². The summed E-state index contributed by atoms with van der Waals surface area (Å²) in [6.45, 7) is 22.1. The van der Waals surface area contributed by atoms with Gasteiger partial charge in [-0.1, -0.05) is 13.8 Å². The Balaban J connectivity index is 2.99. The zero-order valence-corrected chi connectivity index (χ0v) is 31.7. The van der Waals surface area contributed by atoms with E-state index in [2.05, 4.69) is 26.6 Å². The van der Waals surface area contributed by atoms with E-state index in [1.807, 2.05) is 19.0 Å². The number of amides is 5. The van der Waals surface area contributed by atoms with Crippen LogP contribution in [0.5, 0.6) is 0 Å². The number of nitrogens with zero attached hydrogens (tertiary/aromatic N) is 1. The van der Waals surface area contributed by atoms with E-state index in [1.54, 1.807) is 65.8 Å². The summed E-state index contributed by atoms with van der Waals surface area (Å²) in [4.78, 5) is 81.4. The lowest BCUT2D eigenvalue weighted by atomic mass is 9.86. The van der Waals surface area contributed by atoms with Crippen molar-refractivity contribution in [1.29, 1.82) is 0 Å². The average molecular weight is 675 g/mol. The SMILES string of the molecule is CC(C)[C@](C)(NC(=O)C(C)(C)NC(=O)C(C)(C)NC(=O)C(C)(C)NC(=O)C(C)(C)NC(=O)c1ccc(N(C)C)cc1)C(=O)OC(C)(C)C. The van der Waals surface area contributed by atoms with Crippen LogP contribution in [0.25, 0.3) is 0 Å². The number of hydrogen-bond acceptors (Lipinski definition) is 8. The first kappa shape index (κ1) is 41.9. The van der Waals surface area contributed by atoms with Crippen molar-refractivity contribution in [1.82, 2.24) is 26.6 Å². The highest BCUT2D eigenvalue weighted by Gasteiger charge is 2.46. The molecule has 0 saturated heterocycles. The number of anilines is 1. The van der Waals surface area contributed by atoms with Crippen LogP contribution in [0.15, 0.2) is 24.3 Å². The van der Waals surface area contributed by atoms with Crippen molar-refractivity contribution >= 4 is 41.2 Å². The van der Waals surface area contributed by atoms with Crippen LogP contribution in [0.2, 0.25) is 0 Å². The number of esters is 1. The van der Waals surface area contributed by atoms with Crippen molar-refractivity contribution in [3.05, 3.63) is 29.8 Å². The highest BCUT2D eigenvalue weighted by Crippen LogP contribution is 2.23. The molecule has 5 N–H and O–H groups in total. The van der Waals surface area contributed by atoms with E-state index < -0.39 is 68.8 Å². The number of hydrogen-bond donors (Lipinski definition) is 5. The minimum absolute atomic E-state index is 0.344. The average Bonchev–Trinajstić information content (AvgIpc) is 2.90. The Morgan fingerprint density at radius 3 is 1.21 bits per heavy atom. The lowest BCUT2D eigenvalue weighted by Crippen LogP contribution is -2.69. The summed E-state index contributed by atoms with van der Waals surface area (Å²) < 4.78 is 5.55. The quantitative estimate of drug-likeness (QED) is 0.199. The van der Waals surface area contributed by atoms with Crippen LogP contribution in [0.1, 0.15) is 107 Å². The predicted octanol–water partition coefficient (Wildman–Crippen LogP) is 2.82. The van der Waals surface area contributed by atoms with Gasteiger partial charge in [-0.3, -0.25) is 24.0 Å². The van der Waals surface area contributed by atoms with Crippen LogP contribution in [0.3, 0.4) is 0 Å². The summed E-state index contributed by atoms with van der Waals surface area (Å²) in [6, 6.07) is 6.87. The van der Waals surface area contributed by atoms with Gasteiger partial charge in [-0.2, -0.15) is 0 Å². The topological polar surface area (TPSA) is 175 Å². The first-order valence-electron chi connectivity index (χ1n) is 16.0. The van der Waals surface area contributed by atoms with Crippen LogP contribution in [0, 0.1) is 5.92 Å². The van der Waals surface area contributed by atoms with Gasteiger partial charge in [0, 0.05) is 25.3 Å². The van der Waals surface area contributed by atoms with E-state index in [4.69, 9.17) is 4.74 Å². The molecule has 0 aliphatic heterocycles. The maximum atomic E-state index is 13.4. The molecule has 0 unspecified atom stereocenters. The molecule has 5 amide bonds. The number of nitrogens with one attached hydrogen (secondary N) is 5. The Morgan fingerprint density at radius 2 is 0.896 bits per heavy atom. The first-order valence-corrected chi connectivity index (χ1v) is 16.0. The van der Waals surface area contributed by atoms with E-state index in [-0.39, 0.29) is 5.92 Å². The minimum atomic E-state index is -1.54. The highest BCUT2D eigenvalue weighted by molar-refractivity contribution is 6.02. The van der Waals surface area contributed by atoms with Crippen LogP contribution < -0.4 is 31.5 Å².